The number of rotatable bonds is 3. The molecule has 4 rings (SSSR count). The number of hydrogen-bond acceptors (Lipinski definition) is 2. The molecule has 0 saturated heterocycles. The first-order chi connectivity index (χ1) is 13.5. The maximum absolute atomic E-state index is 14.8. The van der Waals surface area contributed by atoms with Crippen molar-refractivity contribution in [1.82, 2.24) is 9.38 Å². The highest BCUT2D eigenvalue weighted by atomic mass is 35.5. The molecule has 1 saturated carbocycles. The van der Waals surface area contributed by atoms with Crippen molar-refractivity contribution >= 4 is 29.0 Å². The third-order valence-electron chi connectivity index (χ3n) is 5.52. The van der Waals surface area contributed by atoms with E-state index in [1.54, 1.807) is 19.1 Å². The molecular formula is C22H23ClFN3O. The van der Waals surface area contributed by atoms with Crippen molar-refractivity contribution in [2.75, 3.05) is 4.90 Å². The van der Waals surface area contributed by atoms with Gasteiger partial charge in [-0.05, 0) is 44.0 Å². The lowest BCUT2D eigenvalue weighted by Crippen LogP contribution is -2.41. The highest BCUT2D eigenvalue weighted by molar-refractivity contribution is 6.33. The van der Waals surface area contributed by atoms with Gasteiger partial charge in [0.05, 0.1) is 10.6 Å². The van der Waals surface area contributed by atoms with Gasteiger partial charge >= 0.3 is 0 Å². The molecule has 146 valence electrons. The van der Waals surface area contributed by atoms with Crippen LogP contribution in [0.15, 0.2) is 36.4 Å². The third-order valence-corrected chi connectivity index (χ3v) is 5.84. The summed E-state index contributed by atoms with van der Waals surface area (Å²) in [6.07, 6.45) is 5.21. The Bertz CT molecular complexity index is 1020. The van der Waals surface area contributed by atoms with Crippen LogP contribution in [-0.2, 0) is 4.79 Å². The van der Waals surface area contributed by atoms with Crippen molar-refractivity contribution in [1.29, 1.82) is 0 Å². The molecule has 2 heterocycles. The monoisotopic (exact) mass is 399 g/mol. The topological polar surface area (TPSA) is 37.6 Å². The Hall–Kier alpha value is -2.40. The molecule has 0 bridgehead atoms. The van der Waals surface area contributed by atoms with E-state index in [9.17, 15) is 9.18 Å². The maximum atomic E-state index is 14.8. The van der Waals surface area contributed by atoms with Crippen LogP contribution in [0.2, 0.25) is 5.02 Å². The van der Waals surface area contributed by atoms with Gasteiger partial charge in [0.2, 0.25) is 5.91 Å². The molecule has 0 radical (unpaired) electrons. The number of benzene rings is 1. The van der Waals surface area contributed by atoms with Crippen LogP contribution < -0.4 is 4.90 Å². The minimum Gasteiger partial charge on any atom is -0.293 e. The average Bonchev–Trinajstić information content (AvgIpc) is 3.03. The van der Waals surface area contributed by atoms with Gasteiger partial charge in [0.1, 0.15) is 23.0 Å². The van der Waals surface area contributed by atoms with E-state index in [1.807, 2.05) is 34.4 Å². The number of pyridine rings is 1. The van der Waals surface area contributed by atoms with Crippen LogP contribution in [0.3, 0.4) is 0 Å². The summed E-state index contributed by atoms with van der Waals surface area (Å²) in [4.78, 5) is 19.3. The number of fused-ring (bicyclic) bond motifs is 1. The molecule has 4 nitrogen and oxygen atoms in total. The smallest absolute Gasteiger partial charge is 0.225 e. The predicted molar refractivity (Wildman–Crippen MR) is 110 cm³/mol. The van der Waals surface area contributed by atoms with E-state index < -0.39 is 5.82 Å². The number of nitrogens with zero attached hydrogens (tertiary/aromatic N) is 3. The summed E-state index contributed by atoms with van der Waals surface area (Å²) in [7, 11) is 0. The van der Waals surface area contributed by atoms with Crippen LogP contribution in [0.5, 0.6) is 0 Å². The molecule has 28 heavy (non-hydrogen) atoms. The van der Waals surface area contributed by atoms with Gasteiger partial charge < -0.3 is 0 Å². The molecule has 3 aromatic rings. The number of halogens is 2. The fraction of sp³-hybridized carbons (Fsp3) is 0.364. The summed E-state index contributed by atoms with van der Waals surface area (Å²) in [5, 5.41) is 0.287. The number of amides is 1. The lowest BCUT2D eigenvalue weighted by molar-refractivity contribution is -0.117. The van der Waals surface area contributed by atoms with Gasteiger partial charge in [0, 0.05) is 18.7 Å². The zero-order chi connectivity index (χ0) is 19.8. The summed E-state index contributed by atoms with van der Waals surface area (Å²) < 4.78 is 16.8. The van der Waals surface area contributed by atoms with E-state index >= 15 is 0 Å². The second kappa shape index (κ2) is 7.55. The minimum absolute atomic E-state index is 0.0642. The van der Waals surface area contributed by atoms with Crippen LogP contribution in [-0.4, -0.2) is 21.3 Å². The molecule has 0 unspecified atom stereocenters. The number of anilines is 1. The van der Waals surface area contributed by atoms with E-state index in [-0.39, 0.29) is 22.5 Å². The Balaban J connectivity index is 2.03. The molecule has 1 aromatic carbocycles. The number of aromatic nitrogens is 2. The molecule has 0 atom stereocenters. The summed E-state index contributed by atoms with van der Waals surface area (Å²) in [5.41, 5.74) is 2.26. The fourth-order valence-electron chi connectivity index (χ4n) is 4.27. The summed E-state index contributed by atoms with van der Waals surface area (Å²) >= 11 is 6.38. The first-order valence-electron chi connectivity index (χ1n) is 9.71. The maximum Gasteiger partial charge on any atom is 0.225 e. The second-order valence-electron chi connectivity index (χ2n) is 7.42. The van der Waals surface area contributed by atoms with Crippen LogP contribution in [0.4, 0.5) is 10.2 Å². The van der Waals surface area contributed by atoms with E-state index in [0.717, 1.165) is 31.4 Å². The molecule has 1 aliphatic carbocycles. The van der Waals surface area contributed by atoms with E-state index in [2.05, 4.69) is 0 Å². The standard InChI is InChI=1S/C22H23ClFN3O/c1-14-8-6-13-19-25-21(20-17(23)11-7-12-18(20)24)22(26(14)19)27(15(2)28)16-9-4-3-5-10-16/h6-8,11-13,16H,3-5,9-10H2,1-2H3. The van der Waals surface area contributed by atoms with E-state index in [0.29, 0.717) is 17.2 Å². The highest BCUT2D eigenvalue weighted by Gasteiger charge is 2.32. The number of hydrogen-bond donors (Lipinski definition) is 0. The molecule has 0 aliphatic heterocycles. The number of imidazole rings is 1. The lowest BCUT2D eigenvalue weighted by Gasteiger charge is -2.34. The molecule has 1 aliphatic rings. The van der Waals surface area contributed by atoms with Crippen molar-refractivity contribution < 1.29 is 9.18 Å². The van der Waals surface area contributed by atoms with Crippen LogP contribution >= 0.6 is 11.6 Å². The van der Waals surface area contributed by atoms with Gasteiger partial charge in [-0.2, -0.15) is 0 Å². The normalized spacial score (nSPS) is 15.1. The number of carbonyl (C=O) groups is 1. The van der Waals surface area contributed by atoms with Crippen LogP contribution in [0, 0.1) is 12.7 Å². The fourth-order valence-corrected chi connectivity index (χ4v) is 4.52. The third kappa shape index (κ3) is 3.18. The van der Waals surface area contributed by atoms with Crippen molar-refractivity contribution in [3.05, 3.63) is 52.9 Å². The Kier molecular flexibility index (Phi) is 5.11. The summed E-state index contributed by atoms with van der Waals surface area (Å²) in [6, 6.07) is 10.4. The van der Waals surface area contributed by atoms with Gasteiger partial charge in [-0.15, -0.1) is 0 Å². The molecule has 1 fully saturated rings. The predicted octanol–water partition coefficient (Wildman–Crippen LogP) is 5.79. The Morgan fingerprint density at radius 2 is 1.89 bits per heavy atom. The SMILES string of the molecule is CC(=O)N(c1c(-c2c(F)cccc2Cl)nc2cccc(C)n12)C1CCCCC1. The number of carbonyl (C=O) groups excluding carboxylic acids is 1. The Morgan fingerprint density at radius 1 is 1.18 bits per heavy atom. The zero-order valence-electron chi connectivity index (χ0n) is 16.1. The molecule has 6 heteroatoms. The van der Waals surface area contributed by atoms with Crippen LogP contribution in [0.25, 0.3) is 16.9 Å². The van der Waals surface area contributed by atoms with Crippen molar-refractivity contribution in [2.24, 2.45) is 0 Å². The van der Waals surface area contributed by atoms with Gasteiger partial charge in [0.15, 0.2) is 0 Å². The zero-order valence-corrected chi connectivity index (χ0v) is 16.8. The highest BCUT2D eigenvalue weighted by Crippen LogP contribution is 2.40. The van der Waals surface area contributed by atoms with Gasteiger partial charge in [-0.25, -0.2) is 9.37 Å². The molecule has 1 amide bonds. The number of aryl methyl sites for hydroxylation is 1. The molecular weight excluding hydrogens is 377 g/mol. The quantitative estimate of drug-likeness (QED) is 0.559. The Labute approximate surface area is 168 Å². The molecule has 2 aromatic heterocycles. The van der Waals surface area contributed by atoms with Crippen molar-refractivity contribution in [2.45, 2.75) is 52.0 Å². The Morgan fingerprint density at radius 3 is 2.57 bits per heavy atom. The van der Waals surface area contributed by atoms with Crippen molar-refractivity contribution in [3.63, 3.8) is 0 Å². The minimum atomic E-state index is -0.443. The summed E-state index contributed by atoms with van der Waals surface area (Å²) in [5.74, 6) is 0.104. The average molecular weight is 400 g/mol. The van der Waals surface area contributed by atoms with Gasteiger partial charge in [-0.3, -0.25) is 14.1 Å². The molecule has 0 N–H and O–H groups in total. The summed E-state index contributed by atoms with van der Waals surface area (Å²) in [6.45, 7) is 3.53. The van der Waals surface area contributed by atoms with Gasteiger partial charge in [0.25, 0.3) is 0 Å². The van der Waals surface area contributed by atoms with E-state index in [4.69, 9.17) is 16.6 Å². The van der Waals surface area contributed by atoms with Crippen LogP contribution in [0.1, 0.15) is 44.7 Å². The second-order valence-corrected chi connectivity index (χ2v) is 7.83. The lowest BCUT2D eigenvalue weighted by atomic mass is 9.94. The largest absolute Gasteiger partial charge is 0.293 e. The van der Waals surface area contributed by atoms with Crippen molar-refractivity contribution in [3.8, 4) is 11.3 Å². The first-order valence-corrected chi connectivity index (χ1v) is 10.1. The van der Waals surface area contributed by atoms with Gasteiger partial charge in [-0.1, -0.05) is 43.0 Å². The first kappa shape index (κ1) is 18.9. The molecule has 0 spiro atoms. The van der Waals surface area contributed by atoms with E-state index in [1.165, 1.54) is 12.5 Å².